The van der Waals surface area contributed by atoms with Crippen LogP contribution in [-0.4, -0.2) is 39.5 Å². The van der Waals surface area contributed by atoms with Crippen LogP contribution in [0, 0.1) is 0 Å². The van der Waals surface area contributed by atoms with Crippen molar-refractivity contribution < 1.29 is 27.9 Å². The van der Waals surface area contributed by atoms with Gasteiger partial charge in [-0.25, -0.2) is 4.79 Å². The molecule has 9 heteroatoms. The van der Waals surface area contributed by atoms with E-state index in [4.69, 9.17) is 5.11 Å². The summed E-state index contributed by atoms with van der Waals surface area (Å²) < 4.78 is 38.2. The number of carboxylic acids is 1. The highest BCUT2D eigenvalue weighted by Crippen LogP contribution is 2.30. The minimum absolute atomic E-state index is 0.0485. The van der Waals surface area contributed by atoms with Crippen LogP contribution < -0.4 is 5.43 Å². The average Bonchev–Trinajstić information content (AvgIpc) is 3.03. The van der Waals surface area contributed by atoms with Crippen molar-refractivity contribution >= 4 is 22.8 Å². The lowest BCUT2D eigenvalue weighted by Crippen LogP contribution is -2.42. The predicted molar refractivity (Wildman–Crippen MR) is 81.3 cm³/mol. The van der Waals surface area contributed by atoms with Crippen molar-refractivity contribution in [1.29, 1.82) is 0 Å². The van der Waals surface area contributed by atoms with Crippen molar-refractivity contribution in [2.75, 3.05) is 6.54 Å². The third-order valence-corrected chi connectivity index (χ3v) is 4.24. The van der Waals surface area contributed by atoms with Crippen molar-refractivity contribution in [1.82, 2.24) is 9.88 Å². The number of nitrogens with one attached hydrogen (secondary N) is 1. The molecule has 1 aliphatic rings. The van der Waals surface area contributed by atoms with Gasteiger partial charge in [0.05, 0.1) is 5.56 Å². The Kier molecular flexibility index (Phi) is 4.02. The van der Waals surface area contributed by atoms with E-state index in [1.807, 2.05) is 0 Å². The van der Waals surface area contributed by atoms with Crippen LogP contribution in [0.3, 0.4) is 0 Å². The maximum atomic E-state index is 12.7. The van der Waals surface area contributed by atoms with E-state index in [9.17, 15) is 27.6 Å². The van der Waals surface area contributed by atoms with Crippen LogP contribution in [0.1, 0.15) is 28.8 Å². The number of pyridine rings is 1. The number of aliphatic carboxylic acids is 1. The van der Waals surface area contributed by atoms with E-state index in [2.05, 4.69) is 4.98 Å². The summed E-state index contributed by atoms with van der Waals surface area (Å²) in [6.07, 6.45) is -2.72. The number of likely N-dealkylation sites (tertiary alicyclic amines) is 1. The minimum Gasteiger partial charge on any atom is -0.480 e. The Morgan fingerprint density at radius 2 is 2.00 bits per heavy atom. The molecule has 25 heavy (non-hydrogen) atoms. The molecule has 2 aromatic rings. The van der Waals surface area contributed by atoms with Gasteiger partial charge in [-0.05, 0) is 31.0 Å². The quantitative estimate of drug-likeness (QED) is 0.865. The van der Waals surface area contributed by atoms with Crippen molar-refractivity contribution in [3.05, 3.63) is 45.7 Å². The summed E-state index contributed by atoms with van der Waals surface area (Å²) in [4.78, 5) is 39.8. The third-order valence-electron chi connectivity index (χ3n) is 4.24. The van der Waals surface area contributed by atoms with Crippen molar-refractivity contribution in [2.45, 2.75) is 25.1 Å². The SMILES string of the molecule is O=C(O)[C@@H]1CCCN1C(=O)c1c[nH]c2cc(C(F)(F)F)ccc2c1=O. The van der Waals surface area contributed by atoms with E-state index in [-0.39, 0.29) is 23.0 Å². The number of H-pyrrole nitrogens is 1. The van der Waals surface area contributed by atoms with Gasteiger partial charge >= 0.3 is 12.1 Å². The molecule has 1 aliphatic heterocycles. The van der Waals surface area contributed by atoms with E-state index in [0.29, 0.717) is 12.8 Å². The molecule has 0 spiro atoms. The summed E-state index contributed by atoms with van der Waals surface area (Å²) in [5.41, 5.74) is -1.99. The fourth-order valence-corrected chi connectivity index (χ4v) is 2.98. The van der Waals surface area contributed by atoms with Gasteiger partial charge in [-0.3, -0.25) is 9.59 Å². The molecule has 6 nitrogen and oxygen atoms in total. The second-order valence-corrected chi connectivity index (χ2v) is 5.78. The van der Waals surface area contributed by atoms with Gasteiger partial charge in [0.15, 0.2) is 0 Å². The molecule has 1 amide bonds. The second kappa shape index (κ2) is 5.91. The van der Waals surface area contributed by atoms with Gasteiger partial charge in [0.25, 0.3) is 5.91 Å². The highest BCUT2D eigenvalue weighted by Gasteiger charge is 2.35. The number of amides is 1. The minimum atomic E-state index is -4.55. The summed E-state index contributed by atoms with van der Waals surface area (Å²) >= 11 is 0. The fraction of sp³-hybridized carbons (Fsp3) is 0.312. The highest BCUT2D eigenvalue weighted by atomic mass is 19.4. The predicted octanol–water partition coefficient (Wildman–Crippen LogP) is 2.24. The number of hydrogen-bond donors (Lipinski definition) is 2. The number of rotatable bonds is 2. The molecular formula is C16H13F3N2O4. The summed E-state index contributed by atoms with van der Waals surface area (Å²) in [6.45, 7) is 0.209. The van der Waals surface area contributed by atoms with Gasteiger partial charge in [-0.2, -0.15) is 13.2 Å². The highest BCUT2D eigenvalue weighted by molar-refractivity contribution is 5.99. The van der Waals surface area contributed by atoms with E-state index in [1.165, 1.54) is 0 Å². The number of nitrogens with zero attached hydrogens (tertiary/aromatic N) is 1. The van der Waals surface area contributed by atoms with Crippen LogP contribution >= 0.6 is 0 Å². The van der Waals surface area contributed by atoms with Crippen LogP contribution in [0.4, 0.5) is 13.2 Å². The van der Waals surface area contributed by atoms with Gasteiger partial charge in [-0.15, -0.1) is 0 Å². The summed E-state index contributed by atoms with van der Waals surface area (Å²) in [7, 11) is 0. The first-order chi connectivity index (χ1) is 11.7. The summed E-state index contributed by atoms with van der Waals surface area (Å²) in [6, 6.07) is 1.56. The Morgan fingerprint density at radius 3 is 2.64 bits per heavy atom. The number of halogens is 3. The molecule has 1 aromatic carbocycles. The van der Waals surface area contributed by atoms with Crippen molar-refractivity contribution in [2.24, 2.45) is 0 Å². The van der Waals surface area contributed by atoms with Gasteiger partial charge < -0.3 is 15.0 Å². The lowest BCUT2D eigenvalue weighted by Gasteiger charge is -2.21. The Labute approximate surface area is 138 Å². The molecule has 0 unspecified atom stereocenters. The van der Waals surface area contributed by atoms with E-state index in [1.54, 1.807) is 0 Å². The zero-order valence-electron chi connectivity index (χ0n) is 12.8. The molecule has 1 saturated heterocycles. The number of aromatic nitrogens is 1. The number of benzene rings is 1. The lowest BCUT2D eigenvalue weighted by molar-refractivity contribution is -0.141. The maximum Gasteiger partial charge on any atom is 0.416 e. The smallest absolute Gasteiger partial charge is 0.416 e. The first kappa shape index (κ1) is 17.0. The second-order valence-electron chi connectivity index (χ2n) is 5.78. The normalized spacial score (nSPS) is 17.9. The number of carboxylic acid groups (broad SMARTS) is 1. The van der Waals surface area contributed by atoms with Gasteiger partial charge in [0, 0.05) is 23.6 Å². The zero-order valence-corrected chi connectivity index (χ0v) is 12.8. The number of fused-ring (bicyclic) bond motifs is 1. The van der Waals surface area contributed by atoms with Crippen molar-refractivity contribution in [3.8, 4) is 0 Å². The summed E-state index contributed by atoms with van der Waals surface area (Å²) in [5.74, 6) is -1.90. The first-order valence-corrected chi connectivity index (χ1v) is 7.46. The number of carbonyl (C=O) groups is 2. The molecule has 1 aromatic heterocycles. The largest absolute Gasteiger partial charge is 0.480 e. The molecule has 0 aliphatic carbocycles. The zero-order chi connectivity index (χ0) is 18.4. The molecule has 1 fully saturated rings. The van der Waals surface area contributed by atoms with Crippen LogP contribution in [0.15, 0.2) is 29.2 Å². The Balaban J connectivity index is 2.03. The number of carbonyl (C=O) groups excluding carboxylic acids is 1. The van der Waals surface area contributed by atoms with Gasteiger partial charge in [0.2, 0.25) is 5.43 Å². The van der Waals surface area contributed by atoms with E-state index >= 15 is 0 Å². The van der Waals surface area contributed by atoms with Crippen LogP contribution in [0.5, 0.6) is 0 Å². The number of alkyl halides is 3. The standard InChI is InChI=1S/C16H13F3N2O4/c17-16(18,19)8-3-4-9-11(6-8)20-7-10(13(9)22)14(23)21-5-1-2-12(21)15(24)25/h3-4,6-7,12H,1-2,5H2,(H,20,22)(H,24,25)/t12-/m0/s1. The van der Waals surface area contributed by atoms with Crippen LogP contribution in [-0.2, 0) is 11.0 Å². The lowest BCUT2D eigenvalue weighted by atomic mass is 10.1. The van der Waals surface area contributed by atoms with Crippen LogP contribution in [0.2, 0.25) is 0 Å². The Hall–Kier alpha value is -2.84. The molecule has 132 valence electrons. The maximum absolute atomic E-state index is 12.7. The number of aromatic amines is 1. The Bertz CT molecular complexity index is 920. The molecule has 0 radical (unpaired) electrons. The van der Waals surface area contributed by atoms with E-state index < -0.39 is 35.1 Å². The van der Waals surface area contributed by atoms with Gasteiger partial charge in [-0.1, -0.05) is 0 Å². The van der Waals surface area contributed by atoms with Gasteiger partial charge in [0.1, 0.15) is 11.6 Å². The van der Waals surface area contributed by atoms with Crippen LogP contribution in [0.25, 0.3) is 10.9 Å². The fourth-order valence-electron chi connectivity index (χ4n) is 2.98. The first-order valence-electron chi connectivity index (χ1n) is 7.46. The molecule has 2 heterocycles. The molecule has 0 bridgehead atoms. The van der Waals surface area contributed by atoms with Crippen molar-refractivity contribution in [3.63, 3.8) is 0 Å². The molecule has 2 N–H and O–H groups in total. The summed E-state index contributed by atoms with van der Waals surface area (Å²) in [5, 5.41) is 9.08. The van der Waals surface area contributed by atoms with E-state index in [0.717, 1.165) is 29.3 Å². The monoisotopic (exact) mass is 354 g/mol. The number of hydrogen-bond acceptors (Lipinski definition) is 3. The molecule has 3 rings (SSSR count). The third kappa shape index (κ3) is 2.97. The average molecular weight is 354 g/mol. The molecule has 1 atom stereocenters. The molecular weight excluding hydrogens is 341 g/mol. The Morgan fingerprint density at radius 1 is 1.28 bits per heavy atom. The topological polar surface area (TPSA) is 90.5 Å². The molecule has 0 saturated carbocycles.